The van der Waals surface area contributed by atoms with Gasteiger partial charge in [0.15, 0.2) is 0 Å². The van der Waals surface area contributed by atoms with Gasteiger partial charge in [-0.25, -0.2) is 0 Å². The average molecular weight is 296 g/mol. The lowest BCUT2D eigenvalue weighted by Crippen LogP contribution is -2.32. The molecule has 0 bridgehead atoms. The molecule has 0 aliphatic heterocycles. The molecule has 0 saturated heterocycles. The van der Waals surface area contributed by atoms with Crippen molar-refractivity contribution in [1.29, 1.82) is 0 Å². The van der Waals surface area contributed by atoms with Crippen molar-refractivity contribution in [2.24, 2.45) is 0 Å². The van der Waals surface area contributed by atoms with E-state index >= 15 is 0 Å². The summed E-state index contributed by atoms with van der Waals surface area (Å²) in [6, 6.07) is 10.2. The van der Waals surface area contributed by atoms with Crippen molar-refractivity contribution in [3.05, 3.63) is 30.3 Å². The molecule has 0 saturated carbocycles. The van der Waals surface area contributed by atoms with Crippen LogP contribution in [0.15, 0.2) is 30.3 Å². The van der Waals surface area contributed by atoms with Gasteiger partial charge in [0.05, 0.1) is 5.69 Å². The van der Waals surface area contributed by atoms with Crippen molar-refractivity contribution in [2.75, 3.05) is 17.3 Å². The number of nitrogens with zero attached hydrogens (tertiary/aromatic N) is 5. The van der Waals surface area contributed by atoms with Crippen molar-refractivity contribution >= 4 is 21.9 Å². The number of aromatic nitrogens is 4. The molecule has 2 rings (SSSR count). The van der Waals surface area contributed by atoms with Crippen LogP contribution in [0.25, 0.3) is 5.69 Å². The number of halogens is 1. The molecular formula is C11H14BrN5. The van der Waals surface area contributed by atoms with Crippen LogP contribution in [-0.2, 0) is 0 Å². The standard InChI is InChI=1S/C11H14BrN5/c1-9(8-12)16(2)11-13-14-15-17(11)10-6-4-3-5-7-10/h3-7,9H,8H2,1-2H3. The van der Waals surface area contributed by atoms with Gasteiger partial charge in [-0.3, -0.25) is 0 Å². The summed E-state index contributed by atoms with van der Waals surface area (Å²) in [5, 5.41) is 12.7. The Morgan fingerprint density at radius 3 is 2.71 bits per heavy atom. The van der Waals surface area contributed by atoms with Crippen molar-refractivity contribution in [3.8, 4) is 5.69 Å². The van der Waals surface area contributed by atoms with E-state index in [4.69, 9.17) is 0 Å². The highest BCUT2D eigenvalue weighted by Gasteiger charge is 2.16. The normalized spacial score (nSPS) is 12.4. The predicted octanol–water partition coefficient (Wildman–Crippen LogP) is 1.88. The molecule has 1 atom stereocenters. The second-order valence-electron chi connectivity index (χ2n) is 3.84. The van der Waals surface area contributed by atoms with Gasteiger partial charge in [0, 0.05) is 18.4 Å². The number of anilines is 1. The van der Waals surface area contributed by atoms with Gasteiger partial charge >= 0.3 is 0 Å². The summed E-state index contributed by atoms with van der Waals surface area (Å²) in [6.07, 6.45) is 0. The first kappa shape index (κ1) is 12.0. The Hall–Kier alpha value is -1.43. The van der Waals surface area contributed by atoms with E-state index in [1.807, 2.05) is 42.3 Å². The first-order valence-corrected chi connectivity index (χ1v) is 6.48. The molecule has 2 aromatic rings. The fraction of sp³-hybridized carbons (Fsp3) is 0.364. The van der Waals surface area contributed by atoms with Crippen LogP contribution >= 0.6 is 15.9 Å². The average Bonchev–Trinajstić information content (AvgIpc) is 2.87. The minimum Gasteiger partial charge on any atom is -0.339 e. The molecule has 6 heteroatoms. The van der Waals surface area contributed by atoms with E-state index in [0.717, 1.165) is 17.0 Å². The number of hydrogen-bond donors (Lipinski definition) is 0. The second-order valence-corrected chi connectivity index (χ2v) is 4.49. The molecule has 0 fully saturated rings. The third-order valence-electron chi connectivity index (χ3n) is 2.65. The number of benzene rings is 1. The molecule has 1 unspecified atom stereocenters. The van der Waals surface area contributed by atoms with Crippen molar-refractivity contribution in [2.45, 2.75) is 13.0 Å². The molecule has 90 valence electrons. The molecule has 0 aliphatic carbocycles. The lowest BCUT2D eigenvalue weighted by Gasteiger charge is -2.23. The first-order valence-electron chi connectivity index (χ1n) is 5.36. The van der Waals surface area contributed by atoms with Crippen LogP contribution in [-0.4, -0.2) is 38.6 Å². The summed E-state index contributed by atoms with van der Waals surface area (Å²) in [5.41, 5.74) is 0.959. The highest BCUT2D eigenvalue weighted by molar-refractivity contribution is 9.09. The molecule has 0 aliphatic rings. The molecule has 0 amide bonds. The molecule has 1 aromatic carbocycles. The summed E-state index contributed by atoms with van der Waals surface area (Å²) in [5.74, 6) is 0.739. The SMILES string of the molecule is CC(CBr)N(C)c1nnnn1-c1ccccc1. The van der Waals surface area contributed by atoms with Gasteiger partial charge in [-0.05, 0) is 29.5 Å². The van der Waals surface area contributed by atoms with Crippen molar-refractivity contribution in [3.63, 3.8) is 0 Å². The second kappa shape index (κ2) is 5.27. The van der Waals surface area contributed by atoms with Gasteiger partial charge in [-0.2, -0.15) is 4.68 Å². The Balaban J connectivity index is 2.35. The van der Waals surface area contributed by atoms with E-state index < -0.39 is 0 Å². The molecule has 0 spiro atoms. The minimum absolute atomic E-state index is 0.323. The third kappa shape index (κ3) is 2.46. The van der Waals surface area contributed by atoms with Gasteiger partial charge < -0.3 is 4.90 Å². The van der Waals surface area contributed by atoms with E-state index in [1.54, 1.807) is 4.68 Å². The topological polar surface area (TPSA) is 46.8 Å². The predicted molar refractivity (Wildman–Crippen MR) is 70.8 cm³/mol. The molecule has 17 heavy (non-hydrogen) atoms. The number of hydrogen-bond acceptors (Lipinski definition) is 4. The summed E-state index contributed by atoms with van der Waals surface area (Å²) >= 11 is 3.46. The number of rotatable bonds is 4. The van der Waals surface area contributed by atoms with Crippen LogP contribution in [0.4, 0.5) is 5.95 Å². The van der Waals surface area contributed by atoms with Gasteiger partial charge in [-0.1, -0.05) is 39.2 Å². The van der Waals surface area contributed by atoms with Gasteiger partial charge in [-0.15, -0.1) is 0 Å². The fourth-order valence-corrected chi connectivity index (χ4v) is 1.87. The van der Waals surface area contributed by atoms with Crippen molar-refractivity contribution < 1.29 is 0 Å². The van der Waals surface area contributed by atoms with E-state index in [0.29, 0.717) is 6.04 Å². The van der Waals surface area contributed by atoms with Crippen LogP contribution in [0, 0.1) is 0 Å². The maximum absolute atomic E-state index is 4.07. The van der Waals surface area contributed by atoms with E-state index in [1.165, 1.54) is 0 Å². The number of alkyl halides is 1. The Morgan fingerprint density at radius 1 is 1.35 bits per heavy atom. The Labute approximate surface area is 109 Å². The van der Waals surface area contributed by atoms with Crippen LogP contribution in [0.2, 0.25) is 0 Å². The summed E-state index contributed by atoms with van der Waals surface area (Å²) in [7, 11) is 1.98. The van der Waals surface area contributed by atoms with Gasteiger partial charge in [0.2, 0.25) is 5.95 Å². The van der Waals surface area contributed by atoms with Crippen LogP contribution in [0.1, 0.15) is 6.92 Å². The fourth-order valence-electron chi connectivity index (χ4n) is 1.44. The third-order valence-corrected chi connectivity index (χ3v) is 3.59. The smallest absolute Gasteiger partial charge is 0.250 e. The molecular weight excluding hydrogens is 282 g/mol. The van der Waals surface area contributed by atoms with Gasteiger partial charge in [0.25, 0.3) is 0 Å². The maximum atomic E-state index is 4.07. The number of tetrazole rings is 1. The maximum Gasteiger partial charge on any atom is 0.250 e. The molecule has 0 radical (unpaired) electrons. The highest BCUT2D eigenvalue weighted by atomic mass is 79.9. The molecule has 0 N–H and O–H groups in total. The summed E-state index contributed by atoms with van der Waals surface area (Å²) < 4.78 is 1.74. The molecule has 1 heterocycles. The Bertz CT molecular complexity index is 470. The zero-order valence-electron chi connectivity index (χ0n) is 9.79. The number of para-hydroxylation sites is 1. The largest absolute Gasteiger partial charge is 0.339 e. The summed E-state index contributed by atoms with van der Waals surface area (Å²) in [4.78, 5) is 2.04. The monoisotopic (exact) mass is 295 g/mol. The van der Waals surface area contributed by atoms with Crippen LogP contribution in [0.5, 0.6) is 0 Å². The van der Waals surface area contributed by atoms with Gasteiger partial charge in [0.1, 0.15) is 0 Å². The quantitative estimate of drug-likeness (QED) is 0.808. The first-order chi connectivity index (χ1) is 8.24. The summed E-state index contributed by atoms with van der Waals surface area (Å²) in [6.45, 7) is 2.11. The highest BCUT2D eigenvalue weighted by Crippen LogP contribution is 2.16. The lowest BCUT2D eigenvalue weighted by atomic mass is 10.3. The van der Waals surface area contributed by atoms with E-state index in [-0.39, 0.29) is 0 Å². The van der Waals surface area contributed by atoms with Crippen LogP contribution in [0.3, 0.4) is 0 Å². The van der Waals surface area contributed by atoms with Crippen molar-refractivity contribution in [1.82, 2.24) is 20.2 Å². The minimum atomic E-state index is 0.323. The van der Waals surface area contributed by atoms with E-state index in [2.05, 4.69) is 38.4 Å². The Morgan fingerprint density at radius 2 is 2.06 bits per heavy atom. The molecule has 5 nitrogen and oxygen atoms in total. The molecule has 1 aromatic heterocycles. The zero-order valence-corrected chi connectivity index (χ0v) is 11.4. The lowest BCUT2D eigenvalue weighted by molar-refractivity contribution is 0.717. The Kier molecular flexibility index (Phi) is 3.73. The van der Waals surface area contributed by atoms with E-state index in [9.17, 15) is 0 Å². The zero-order chi connectivity index (χ0) is 12.3. The van der Waals surface area contributed by atoms with Crippen LogP contribution < -0.4 is 4.90 Å².